The molecule has 2 heterocycles. The molecule has 0 bridgehead atoms. The standard InChI is InChI=1S/C11H14N2O2S/c14-10-2-3-12-8-9(10)11(15)13-4-1-6-16-7-5-13/h2-3,8H,1,4-7H2,(H,12,14). The van der Waals surface area contributed by atoms with Gasteiger partial charge >= 0.3 is 0 Å². The predicted molar refractivity (Wildman–Crippen MR) is 64.9 cm³/mol. The zero-order chi connectivity index (χ0) is 11.4. The zero-order valence-electron chi connectivity index (χ0n) is 8.94. The number of hydrogen-bond donors (Lipinski definition) is 1. The zero-order valence-corrected chi connectivity index (χ0v) is 9.76. The molecule has 0 aromatic carbocycles. The quantitative estimate of drug-likeness (QED) is 0.792. The molecule has 16 heavy (non-hydrogen) atoms. The maximum absolute atomic E-state index is 12.1. The molecule has 0 radical (unpaired) electrons. The van der Waals surface area contributed by atoms with Crippen molar-refractivity contribution in [1.29, 1.82) is 0 Å². The number of thioether (sulfide) groups is 1. The van der Waals surface area contributed by atoms with E-state index < -0.39 is 0 Å². The van der Waals surface area contributed by atoms with E-state index in [0.717, 1.165) is 31.0 Å². The van der Waals surface area contributed by atoms with E-state index in [1.807, 2.05) is 11.8 Å². The first kappa shape index (κ1) is 11.3. The number of nitrogens with zero attached hydrogens (tertiary/aromatic N) is 1. The predicted octanol–water partition coefficient (Wildman–Crippen LogP) is 0.954. The molecule has 4 nitrogen and oxygen atoms in total. The lowest BCUT2D eigenvalue weighted by molar-refractivity contribution is 0.0767. The molecule has 1 saturated heterocycles. The van der Waals surface area contributed by atoms with E-state index >= 15 is 0 Å². The first-order valence-electron chi connectivity index (χ1n) is 5.33. The van der Waals surface area contributed by atoms with Crippen LogP contribution in [0.2, 0.25) is 0 Å². The van der Waals surface area contributed by atoms with Gasteiger partial charge in [0, 0.05) is 37.3 Å². The highest BCUT2D eigenvalue weighted by atomic mass is 32.2. The summed E-state index contributed by atoms with van der Waals surface area (Å²) in [6, 6.07) is 1.39. The number of hydrogen-bond acceptors (Lipinski definition) is 3. The molecule has 0 unspecified atom stereocenters. The Balaban J connectivity index is 2.18. The van der Waals surface area contributed by atoms with Gasteiger partial charge in [-0.2, -0.15) is 11.8 Å². The summed E-state index contributed by atoms with van der Waals surface area (Å²) in [5.41, 5.74) is 0.0371. The number of rotatable bonds is 1. The Labute approximate surface area is 98.0 Å². The normalized spacial score (nSPS) is 16.9. The van der Waals surface area contributed by atoms with Crippen molar-refractivity contribution in [3.8, 4) is 0 Å². The van der Waals surface area contributed by atoms with Gasteiger partial charge in [0.2, 0.25) is 0 Å². The Morgan fingerprint density at radius 3 is 3.06 bits per heavy atom. The average molecular weight is 238 g/mol. The van der Waals surface area contributed by atoms with Crippen molar-refractivity contribution in [2.24, 2.45) is 0 Å². The molecule has 86 valence electrons. The summed E-state index contributed by atoms with van der Waals surface area (Å²) in [5, 5.41) is 0. The summed E-state index contributed by atoms with van der Waals surface area (Å²) in [4.78, 5) is 28.1. The number of pyridine rings is 1. The summed E-state index contributed by atoms with van der Waals surface area (Å²) in [5.74, 6) is 1.90. The fraction of sp³-hybridized carbons (Fsp3) is 0.455. The molecule has 1 N–H and O–H groups in total. The number of nitrogens with one attached hydrogen (secondary N) is 1. The van der Waals surface area contributed by atoms with E-state index in [9.17, 15) is 9.59 Å². The average Bonchev–Trinajstić information content (AvgIpc) is 2.57. The summed E-state index contributed by atoms with van der Waals surface area (Å²) < 4.78 is 0. The highest BCUT2D eigenvalue weighted by Crippen LogP contribution is 2.11. The van der Waals surface area contributed by atoms with Crippen molar-refractivity contribution >= 4 is 17.7 Å². The first-order valence-corrected chi connectivity index (χ1v) is 6.48. The molecule has 0 spiro atoms. The molecule has 1 amide bonds. The van der Waals surface area contributed by atoms with E-state index in [2.05, 4.69) is 4.98 Å². The fourth-order valence-corrected chi connectivity index (χ4v) is 2.59. The van der Waals surface area contributed by atoms with Crippen molar-refractivity contribution in [1.82, 2.24) is 9.88 Å². The lowest BCUT2D eigenvalue weighted by Crippen LogP contribution is -2.35. The smallest absolute Gasteiger partial charge is 0.259 e. The van der Waals surface area contributed by atoms with Gasteiger partial charge in [0.25, 0.3) is 5.91 Å². The maximum Gasteiger partial charge on any atom is 0.259 e. The lowest BCUT2D eigenvalue weighted by Gasteiger charge is -2.19. The summed E-state index contributed by atoms with van der Waals surface area (Å²) in [7, 11) is 0. The van der Waals surface area contributed by atoms with Gasteiger partial charge in [0.1, 0.15) is 5.56 Å². The van der Waals surface area contributed by atoms with Gasteiger partial charge in [-0.15, -0.1) is 0 Å². The van der Waals surface area contributed by atoms with Crippen LogP contribution in [0.1, 0.15) is 16.8 Å². The summed E-state index contributed by atoms with van der Waals surface area (Å²) >= 11 is 1.86. The SMILES string of the molecule is O=C(c1c[nH]ccc1=O)N1CCCSCC1. The van der Waals surface area contributed by atoms with Gasteiger partial charge in [-0.25, -0.2) is 0 Å². The minimum Gasteiger partial charge on any atom is -0.367 e. The van der Waals surface area contributed by atoms with Gasteiger partial charge in [0.15, 0.2) is 5.43 Å². The second kappa shape index (κ2) is 5.21. The van der Waals surface area contributed by atoms with Crippen molar-refractivity contribution < 1.29 is 4.79 Å². The van der Waals surface area contributed by atoms with Crippen molar-refractivity contribution in [2.75, 3.05) is 24.6 Å². The minimum absolute atomic E-state index is 0.149. The van der Waals surface area contributed by atoms with Crippen molar-refractivity contribution in [3.05, 3.63) is 34.2 Å². The van der Waals surface area contributed by atoms with Gasteiger partial charge in [0.05, 0.1) is 0 Å². The first-order chi connectivity index (χ1) is 7.79. The highest BCUT2D eigenvalue weighted by Gasteiger charge is 2.19. The number of H-pyrrole nitrogens is 1. The van der Waals surface area contributed by atoms with Gasteiger partial charge in [-0.1, -0.05) is 0 Å². The molecule has 1 fully saturated rings. The van der Waals surface area contributed by atoms with Crippen LogP contribution in [0.25, 0.3) is 0 Å². The molecule has 0 saturated carbocycles. The number of aromatic amines is 1. The summed E-state index contributed by atoms with van der Waals surface area (Å²) in [6.45, 7) is 1.48. The molecular weight excluding hydrogens is 224 g/mol. The molecule has 1 aliphatic heterocycles. The number of carbonyl (C=O) groups excluding carboxylic acids is 1. The van der Waals surface area contributed by atoms with Gasteiger partial charge in [-0.05, 0) is 12.2 Å². The van der Waals surface area contributed by atoms with E-state index in [-0.39, 0.29) is 16.9 Å². The number of aromatic nitrogens is 1. The molecule has 1 aliphatic rings. The Kier molecular flexibility index (Phi) is 3.66. The van der Waals surface area contributed by atoms with Crippen LogP contribution in [-0.4, -0.2) is 40.4 Å². The molecule has 0 aliphatic carbocycles. The topological polar surface area (TPSA) is 53.2 Å². The van der Waals surface area contributed by atoms with E-state index in [1.165, 1.54) is 18.5 Å². The van der Waals surface area contributed by atoms with Crippen molar-refractivity contribution in [3.63, 3.8) is 0 Å². The maximum atomic E-state index is 12.1. The molecular formula is C11H14N2O2S. The summed E-state index contributed by atoms with van der Waals surface area (Å²) in [6.07, 6.45) is 4.03. The highest BCUT2D eigenvalue weighted by molar-refractivity contribution is 7.99. The number of carbonyl (C=O) groups is 1. The Bertz CT molecular complexity index is 422. The third kappa shape index (κ3) is 2.47. The van der Waals surface area contributed by atoms with Gasteiger partial charge in [-0.3, -0.25) is 9.59 Å². The van der Waals surface area contributed by atoms with Crippen LogP contribution in [0.15, 0.2) is 23.3 Å². The van der Waals surface area contributed by atoms with E-state index in [4.69, 9.17) is 0 Å². The van der Waals surface area contributed by atoms with E-state index in [1.54, 1.807) is 4.90 Å². The van der Waals surface area contributed by atoms with Gasteiger partial charge < -0.3 is 9.88 Å². The van der Waals surface area contributed by atoms with Crippen LogP contribution in [0.5, 0.6) is 0 Å². The minimum atomic E-state index is -0.208. The molecule has 0 atom stereocenters. The lowest BCUT2D eigenvalue weighted by atomic mass is 10.2. The van der Waals surface area contributed by atoms with Crippen LogP contribution in [0, 0.1) is 0 Å². The monoisotopic (exact) mass is 238 g/mol. The van der Waals surface area contributed by atoms with Crippen LogP contribution >= 0.6 is 11.8 Å². The molecule has 1 aromatic rings. The van der Waals surface area contributed by atoms with Crippen LogP contribution < -0.4 is 5.43 Å². The molecule has 2 rings (SSSR count). The molecule has 5 heteroatoms. The van der Waals surface area contributed by atoms with Crippen LogP contribution in [0.3, 0.4) is 0 Å². The number of amides is 1. The van der Waals surface area contributed by atoms with Crippen molar-refractivity contribution in [2.45, 2.75) is 6.42 Å². The third-order valence-electron chi connectivity index (χ3n) is 2.56. The van der Waals surface area contributed by atoms with E-state index in [0.29, 0.717) is 0 Å². The Morgan fingerprint density at radius 2 is 2.25 bits per heavy atom. The van der Waals surface area contributed by atoms with Crippen LogP contribution in [-0.2, 0) is 0 Å². The Hall–Kier alpha value is -1.23. The fourth-order valence-electron chi connectivity index (χ4n) is 1.70. The second-order valence-corrected chi connectivity index (χ2v) is 4.91. The second-order valence-electron chi connectivity index (χ2n) is 3.68. The Morgan fingerprint density at radius 1 is 1.38 bits per heavy atom. The molecule has 1 aromatic heterocycles. The van der Waals surface area contributed by atoms with Crippen LogP contribution in [0.4, 0.5) is 0 Å². The largest absolute Gasteiger partial charge is 0.367 e. The third-order valence-corrected chi connectivity index (χ3v) is 3.61.